The van der Waals surface area contributed by atoms with E-state index < -0.39 is 16.9 Å². The van der Waals surface area contributed by atoms with Gasteiger partial charge in [0.05, 0.1) is 5.69 Å². The van der Waals surface area contributed by atoms with Crippen molar-refractivity contribution in [3.8, 4) is 0 Å². The third-order valence-corrected chi connectivity index (χ3v) is 2.42. The fourth-order valence-electron chi connectivity index (χ4n) is 1.45. The van der Waals surface area contributed by atoms with Gasteiger partial charge >= 0.3 is 11.8 Å². The maximum absolute atomic E-state index is 11.0. The Labute approximate surface area is 104 Å². The van der Waals surface area contributed by atoms with E-state index in [-0.39, 0.29) is 5.82 Å². The zero-order valence-electron chi connectivity index (χ0n) is 10.00. The Hall–Kier alpha value is -2.18. The number of carboxylic acid groups (broad SMARTS) is 1. The van der Waals surface area contributed by atoms with Crippen molar-refractivity contribution in [3.63, 3.8) is 0 Å². The second-order valence-corrected chi connectivity index (χ2v) is 3.84. The van der Waals surface area contributed by atoms with Crippen LogP contribution in [0.15, 0.2) is 18.3 Å². The van der Waals surface area contributed by atoms with E-state index in [4.69, 9.17) is 5.11 Å². The van der Waals surface area contributed by atoms with E-state index in [0.29, 0.717) is 12.1 Å². The molecule has 1 atom stereocenters. The van der Waals surface area contributed by atoms with E-state index in [9.17, 15) is 14.9 Å². The number of hydrogen-bond acceptors (Lipinski definition) is 5. The Kier molecular flexibility index (Phi) is 5.04. The molecule has 18 heavy (non-hydrogen) atoms. The molecule has 0 aliphatic heterocycles. The summed E-state index contributed by atoms with van der Waals surface area (Å²) >= 11 is 0. The Balaban J connectivity index is 2.68. The lowest BCUT2D eigenvalue weighted by molar-refractivity contribution is -0.389. The first-order valence-corrected chi connectivity index (χ1v) is 5.64. The minimum absolute atomic E-state index is 0.263. The summed E-state index contributed by atoms with van der Waals surface area (Å²) < 4.78 is 0. The summed E-state index contributed by atoms with van der Waals surface area (Å²) in [6, 6.07) is 1.99. The smallest absolute Gasteiger partial charge is 0.363 e. The molecule has 1 rings (SSSR count). The third kappa shape index (κ3) is 4.00. The van der Waals surface area contributed by atoms with E-state index >= 15 is 0 Å². The summed E-state index contributed by atoms with van der Waals surface area (Å²) in [5, 5.41) is 22.2. The van der Waals surface area contributed by atoms with Crippen molar-refractivity contribution in [3.05, 3.63) is 28.4 Å². The van der Waals surface area contributed by atoms with Gasteiger partial charge in [-0.3, -0.25) is 0 Å². The summed E-state index contributed by atoms with van der Waals surface area (Å²) in [5.74, 6) is -1.21. The van der Waals surface area contributed by atoms with Gasteiger partial charge in [-0.25, -0.2) is 4.79 Å². The number of unbranched alkanes of at least 4 members (excludes halogenated alkanes) is 1. The predicted molar refractivity (Wildman–Crippen MR) is 65.5 cm³/mol. The lowest BCUT2D eigenvalue weighted by Crippen LogP contribution is -2.29. The fourth-order valence-corrected chi connectivity index (χ4v) is 1.45. The van der Waals surface area contributed by atoms with Gasteiger partial charge in [-0.2, -0.15) is 0 Å². The average Bonchev–Trinajstić information content (AvgIpc) is 2.34. The first-order chi connectivity index (χ1) is 8.54. The van der Waals surface area contributed by atoms with E-state index in [2.05, 4.69) is 10.3 Å². The number of hydrogen-bond donors (Lipinski definition) is 2. The molecule has 0 aliphatic rings. The molecule has 1 heterocycles. The van der Waals surface area contributed by atoms with Crippen LogP contribution in [-0.2, 0) is 4.79 Å². The quantitative estimate of drug-likeness (QED) is 0.569. The number of pyridine rings is 1. The first kappa shape index (κ1) is 13.9. The van der Waals surface area contributed by atoms with E-state index in [0.717, 1.165) is 12.8 Å². The van der Waals surface area contributed by atoms with Crippen LogP contribution in [0.2, 0.25) is 0 Å². The highest BCUT2D eigenvalue weighted by Crippen LogP contribution is 2.14. The standard InChI is InChI=1S/C11H15N3O4/c1-2-3-4-9(11(15)16)13-8-5-6-10(12-7-8)14(17)18/h5-7,9,13H,2-4H2,1H3,(H,15,16)/t9-/m0/s1. The summed E-state index contributed by atoms with van der Waals surface area (Å²) in [6.45, 7) is 1.98. The molecule has 0 fully saturated rings. The molecule has 0 aliphatic carbocycles. The molecule has 7 heteroatoms. The minimum atomic E-state index is -0.943. The number of nitrogens with one attached hydrogen (secondary N) is 1. The van der Waals surface area contributed by atoms with Crippen molar-refractivity contribution in [1.29, 1.82) is 0 Å². The second kappa shape index (κ2) is 6.53. The van der Waals surface area contributed by atoms with Crippen molar-refractivity contribution >= 4 is 17.5 Å². The maximum Gasteiger partial charge on any atom is 0.363 e. The molecule has 2 N–H and O–H groups in total. The van der Waals surface area contributed by atoms with Crippen LogP contribution in [0, 0.1) is 10.1 Å². The summed E-state index contributed by atoms with van der Waals surface area (Å²) in [4.78, 5) is 24.4. The minimum Gasteiger partial charge on any atom is -0.480 e. The van der Waals surface area contributed by atoms with E-state index in [1.165, 1.54) is 18.3 Å². The number of aliphatic carboxylic acids is 1. The molecule has 0 bridgehead atoms. The van der Waals surface area contributed by atoms with Crippen LogP contribution < -0.4 is 5.32 Å². The van der Waals surface area contributed by atoms with Gasteiger partial charge in [0.15, 0.2) is 6.20 Å². The summed E-state index contributed by atoms with van der Waals surface area (Å²) in [7, 11) is 0. The lowest BCUT2D eigenvalue weighted by atomic mass is 10.1. The van der Waals surface area contributed by atoms with E-state index in [1.54, 1.807) is 0 Å². The van der Waals surface area contributed by atoms with Gasteiger partial charge in [0, 0.05) is 6.07 Å². The van der Waals surface area contributed by atoms with Crippen LogP contribution in [0.3, 0.4) is 0 Å². The first-order valence-electron chi connectivity index (χ1n) is 5.64. The molecule has 7 nitrogen and oxygen atoms in total. The van der Waals surface area contributed by atoms with Crippen molar-refractivity contribution in [1.82, 2.24) is 4.98 Å². The summed E-state index contributed by atoms with van der Waals surface area (Å²) in [6.07, 6.45) is 3.47. The average molecular weight is 253 g/mol. The highest BCUT2D eigenvalue weighted by molar-refractivity contribution is 5.77. The number of nitrogens with zero attached hydrogens (tertiary/aromatic N) is 2. The highest BCUT2D eigenvalue weighted by Gasteiger charge is 2.17. The van der Waals surface area contributed by atoms with Gasteiger partial charge in [0.1, 0.15) is 6.04 Å². The van der Waals surface area contributed by atoms with Crippen LogP contribution in [0.4, 0.5) is 11.5 Å². The molecular weight excluding hydrogens is 238 g/mol. The third-order valence-electron chi connectivity index (χ3n) is 2.42. The molecule has 0 spiro atoms. The van der Waals surface area contributed by atoms with Gasteiger partial charge in [-0.15, -0.1) is 0 Å². The predicted octanol–water partition coefficient (Wildman–Crippen LogP) is 2.05. The van der Waals surface area contributed by atoms with Crippen molar-refractivity contribution in [2.75, 3.05) is 5.32 Å². The number of carbonyl (C=O) groups is 1. The Morgan fingerprint density at radius 1 is 1.61 bits per heavy atom. The topological polar surface area (TPSA) is 105 Å². The van der Waals surface area contributed by atoms with Crippen LogP contribution in [-0.4, -0.2) is 27.0 Å². The Bertz CT molecular complexity index is 419. The Morgan fingerprint density at radius 2 is 2.33 bits per heavy atom. The molecule has 98 valence electrons. The number of aromatic nitrogens is 1. The molecule has 0 aromatic carbocycles. The largest absolute Gasteiger partial charge is 0.480 e. The SMILES string of the molecule is CCCC[C@H](Nc1ccc([N+](=O)[O-])nc1)C(=O)O. The normalized spacial score (nSPS) is 11.8. The van der Waals surface area contributed by atoms with Crippen LogP contribution in [0.1, 0.15) is 26.2 Å². The van der Waals surface area contributed by atoms with Gasteiger partial charge in [-0.05, 0) is 22.4 Å². The molecule has 0 saturated carbocycles. The Morgan fingerprint density at radius 3 is 2.78 bits per heavy atom. The van der Waals surface area contributed by atoms with Gasteiger partial charge in [0.25, 0.3) is 0 Å². The van der Waals surface area contributed by atoms with Crippen LogP contribution in [0.5, 0.6) is 0 Å². The van der Waals surface area contributed by atoms with Crippen molar-refractivity contribution < 1.29 is 14.8 Å². The molecule has 1 aromatic heterocycles. The molecule has 1 aromatic rings. The number of rotatable bonds is 7. The molecule has 0 amide bonds. The number of nitro groups is 1. The second-order valence-electron chi connectivity index (χ2n) is 3.84. The zero-order chi connectivity index (χ0) is 13.5. The molecule has 0 unspecified atom stereocenters. The monoisotopic (exact) mass is 253 g/mol. The molecule has 0 radical (unpaired) electrons. The number of carboxylic acids is 1. The van der Waals surface area contributed by atoms with Crippen molar-refractivity contribution in [2.24, 2.45) is 0 Å². The molecule has 0 saturated heterocycles. The van der Waals surface area contributed by atoms with Crippen molar-refractivity contribution in [2.45, 2.75) is 32.2 Å². The lowest BCUT2D eigenvalue weighted by Gasteiger charge is -2.14. The number of anilines is 1. The van der Waals surface area contributed by atoms with Gasteiger partial charge in [-0.1, -0.05) is 19.8 Å². The summed E-state index contributed by atoms with van der Waals surface area (Å²) in [5.41, 5.74) is 0.462. The zero-order valence-corrected chi connectivity index (χ0v) is 10.00. The highest BCUT2D eigenvalue weighted by atomic mass is 16.6. The maximum atomic E-state index is 11.0. The van der Waals surface area contributed by atoms with E-state index in [1.807, 2.05) is 6.92 Å². The van der Waals surface area contributed by atoms with Gasteiger partial charge < -0.3 is 20.5 Å². The van der Waals surface area contributed by atoms with Crippen LogP contribution >= 0.6 is 0 Å². The van der Waals surface area contributed by atoms with Gasteiger partial charge in [0.2, 0.25) is 0 Å². The molecular formula is C11H15N3O4. The van der Waals surface area contributed by atoms with Crippen LogP contribution in [0.25, 0.3) is 0 Å². The fraction of sp³-hybridized carbons (Fsp3) is 0.455.